The molecule has 5 nitrogen and oxygen atoms in total. The highest BCUT2D eigenvalue weighted by Gasteiger charge is 2.09. The van der Waals surface area contributed by atoms with Gasteiger partial charge in [0.1, 0.15) is 11.6 Å². The van der Waals surface area contributed by atoms with Crippen LogP contribution in [-0.2, 0) is 12.8 Å². The first-order valence-corrected chi connectivity index (χ1v) is 6.36. The van der Waals surface area contributed by atoms with Crippen LogP contribution >= 0.6 is 0 Å². The molecule has 0 aliphatic heterocycles. The summed E-state index contributed by atoms with van der Waals surface area (Å²) in [7, 11) is 0. The predicted octanol–water partition coefficient (Wildman–Crippen LogP) is 1.95. The molecule has 19 heavy (non-hydrogen) atoms. The smallest absolute Gasteiger partial charge is 0.221 e. The Morgan fingerprint density at radius 3 is 2.79 bits per heavy atom. The van der Waals surface area contributed by atoms with E-state index >= 15 is 0 Å². The van der Waals surface area contributed by atoms with Crippen molar-refractivity contribution in [1.82, 2.24) is 15.0 Å². The van der Waals surface area contributed by atoms with Crippen LogP contribution in [0.5, 0.6) is 5.88 Å². The molecule has 0 fully saturated rings. The third kappa shape index (κ3) is 3.40. The van der Waals surface area contributed by atoms with Crippen molar-refractivity contribution < 1.29 is 4.74 Å². The van der Waals surface area contributed by atoms with Crippen LogP contribution in [0, 0.1) is 6.92 Å². The summed E-state index contributed by atoms with van der Waals surface area (Å²) in [6.45, 7) is 4.38. The van der Waals surface area contributed by atoms with Crippen LogP contribution in [0.4, 0.5) is 5.82 Å². The molecule has 0 aromatic carbocycles. The first-order chi connectivity index (χ1) is 9.20. The molecule has 0 saturated carbocycles. The standard InChI is InChI=1S/C14H18N4O/c1-3-12-17-13(15)10(2)14(18-12)19-9-7-11-6-4-5-8-16-11/h4-6,8H,3,7,9H2,1-2H3,(H2,15,17,18). The number of hydrogen-bond acceptors (Lipinski definition) is 5. The number of nitrogen functional groups attached to an aromatic ring is 1. The highest BCUT2D eigenvalue weighted by Crippen LogP contribution is 2.19. The van der Waals surface area contributed by atoms with Crippen molar-refractivity contribution in [2.24, 2.45) is 0 Å². The molecule has 0 aliphatic carbocycles. The largest absolute Gasteiger partial charge is 0.477 e. The lowest BCUT2D eigenvalue weighted by Gasteiger charge is -2.10. The lowest BCUT2D eigenvalue weighted by molar-refractivity contribution is 0.304. The maximum Gasteiger partial charge on any atom is 0.221 e. The lowest BCUT2D eigenvalue weighted by atomic mass is 10.3. The van der Waals surface area contributed by atoms with E-state index in [1.807, 2.05) is 32.0 Å². The van der Waals surface area contributed by atoms with E-state index in [2.05, 4.69) is 15.0 Å². The Morgan fingerprint density at radius 1 is 1.26 bits per heavy atom. The van der Waals surface area contributed by atoms with E-state index in [0.29, 0.717) is 24.1 Å². The summed E-state index contributed by atoms with van der Waals surface area (Å²) in [5.74, 6) is 1.76. The summed E-state index contributed by atoms with van der Waals surface area (Å²) in [6.07, 6.45) is 3.26. The number of rotatable bonds is 5. The first kappa shape index (κ1) is 13.3. The van der Waals surface area contributed by atoms with E-state index in [9.17, 15) is 0 Å². The zero-order chi connectivity index (χ0) is 13.7. The van der Waals surface area contributed by atoms with Crippen LogP contribution in [0.2, 0.25) is 0 Å². The fraction of sp³-hybridized carbons (Fsp3) is 0.357. The molecule has 0 bridgehead atoms. The average Bonchev–Trinajstić information content (AvgIpc) is 2.44. The molecular formula is C14H18N4O. The molecule has 2 heterocycles. The molecule has 0 saturated heterocycles. The molecule has 0 radical (unpaired) electrons. The van der Waals surface area contributed by atoms with Crippen LogP contribution in [0.3, 0.4) is 0 Å². The minimum atomic E-state index is 0.486. The number of aryl methyl sites for hydroxylation is 1. The van der Waals surface area contributed by atoms with Crippen molar-refractivity contribution >= 4 is 5.82 Å². The average molecular weight is 258 g/mol. The van der Waals surface area contributed by atoms with Gasteiger partial charge in [0.25, 0.3) is 0 Å². The lowest BCUT2D eigenvalue weighted by Crippen LogP contribution is -2.09. The fourth-order valence-electron chi connectivity index (χ4n) is 1.66. The number of aromatic nitrogens is 3. The molecule has 2 aromatic rings. The molecule has 100 valence electrons. The Kier molecular flexibility index (Phi) is 4.28. The summed E-state index contributed by atoms with van der Waals surface area (Å²) in [5, 5.41) is 0. The number of nitrogens with two attached hydrogens (primary N) is 1. The van der Waals surface area contributed by atoms with Crippen LogP contribution in [0.1, 0.15) is 24.0 Å². The van der Waals surface area contributed by atoms with Gasteiger partial charge in [0.2, 0.25) is 5.88 Å². The SMILES string of the molecule is CCc1nc(N)c(C)c(OCCc2ccccn2)n1. The molecule has 0 aliphatic rings. The molecular weight excluding hydrogens is 240 g/mol. The Labute approximate surface area is 112 Å². The molecule has 2 rings (SSSR count). The molecule has 0 atom stereocenters. The number of hydrogen-bond donors (Lipinski definition) is 1. The zero-order valence-corrected chi connectivity index (χ0v) is 11.3. The summed E-state index contributed by atoms with van der Waals surface area (Å²) < 4.78 is 5.69. The van der Waals surface area contributed by atoms with Gasteiger partial charge >= 0.3 is 0 Å². The maximum atomic E-state index is 5.84. The molecule has 5 heteroatoms. The van der Waals surface area contributed by atoms with E-state index in [0.717, 1.165) is 24.1 Å². The highest BCUT2D eigenvalue weighted by atomic mass is 16.5. The molecule has 0 spiro atoms. The van der Waals surface area contributed by atoms with Crippen molar-refractivity contribution in [3.8, 4) is 5.88 Å². The van der Waals surface area contributed by atoms with Crippen molar-refractivity contribution in [1.29, 1.82) is 0 Å². The van der Waals surface area contributed by atoms with E-state index in [-0.39, 0.29) is 0 Å². The summed E-state index contributed by atoms with van der Waals surface area (Å²) in [5.41, 5.74) is 7.62. The summed E-state index contributed by atoms with van der Waals surface area (Å²) in [4.78, 5) is 12.8. The second kappa shape index (κ2) is 6.13. The van der Waals surface area contributed by atoms with Gasteiger partial charge in [-0.2, -0.15) is 4.98 Å². The van der Waals surface area contributed by atoms with Gasteiger partial charge in [-0.3, -0.25) is 4.98 Å². The summed E-state index contributed by atoms with van der Waals surface area (Å²) in [6, 6.07) is 5.83. The van der Waals surface area contributed by atoms with Crippen LogP contribution in [0.15, 0.2) is 24.4 Å². The van der Waals surface area contributed by atoms with Crippen molar-refractivity contribution in [3.05, 3.63) is 41.5 Å². The van der Waals surface area contributed by atoms with Crippen LogP contribution in [0.25, 0.3) is 0 Å². The third-order valence-corrected chi connectivity index (χ3v) is 2.82. The Balaban J connectivity index is 2.01. The molecule has 2 aromatic heterocycles. The van der Waals surface area contributed by atoms with Gasteiger partial charge in [-0.1, -0.05) is 13.0 Å². The Morgan fingerprint density at radius 2 is 2.11 bits per heavy atom. The zero-order valence-electron chi connectivity index (χ0n) is 11.3. The summed E-state index contributed by atoms with van der Waals surface area (Å²) >= 11 is 0. The Bertz CT molecular complexity index is 543. The number of nitrogens with zero attached hydrogens (tertiary/aromatic N) is 3. The molecule has 0 amide bonds. The van der Waals surface area contributed by atoms with Gasteiger partial charge < -0.3 is 10.5 Å². The fourth-order valence-corrected chi connectivity index (χ4v) is 1.66. The van der Waals surface area contributed by atoms with Gasteiger partial charge in [0.05, 0.1) is 12.2 Å². The number of anilines is 1. The molecule has 0 unspecified atom stereocenters. The number of pyridine rings is 1. The van der Waals surface area contributed by atoms with E-state index in [1.54, 1.807) is 6.20 Å². The third-order valence-electron chi connectivity index (χ3n) is 2.82. The van der Waals surface area contributed by atoms with E-state index < -0.39 is 0 Å². The van der Waals surface area contributed by atoms with Crippen molar-refractivity contribution in [3.63, 3.8) is 0 Å². The van der Waals surface area contributed by atoms with Crippen LogP contribution in [-0.4, -0.2) is 21.6 Å². The van der Waals surface area contributed by atoms with E-state index in [1.165, 1.54) is 0 Å². The normalized spacial score (nSPS) is 10.4. The van der Waals surface area contributed by atoms with E-state index in [4.69, 9.17) is 10.5 Å². The Hall–Kier alpha value is -2.17. The highest BCUT2D eigenvalue weighted by molar-refractivity contribution is 5.44. The van der Waals surface area contributed by atoms with Crippen molar-refractivity contribution in [2.45, 2.75) is 26.7 Å². The second-order valence-corrected chi connectivity index (χ2v) is 4.23. The van der Waals surface area contributed by atoms with Gasteiger partial charge in [0, 0.05) is 24.7 Å². The van der Waals surface area contributed by atoms with Crippen LogP contribution < -0.4 is 10.5 Å². The second-order valence-electron chi connectivity index (χ2n) is 4.23. The molecule has 2 N–H and O–H groups in total. The van der Waals surface area contributed by atoms with Gasteiger partial charge in [-0.05, 0) is 19.1 Å². The van der Waals surface area contributed by atoms with Gasteiger partial charge in [0.15, 0.2) is 0 Å². The topological polar surface area (TPSA) is 73.9 Å². The first-order valence-electron chi connectivity index (χ1n) is 6.36. The minimum absolute atomic E-state index is 0.486. The maximum absolute atomic E-state index is 5.84. The van der Waals surface area contributed by atoms with Gasteiger partial charge in [-0.15, -0.1) is 0 Å². The number of ether oxygens (including phenoxy) is 1. The predicted molar refractivity (Wildman–Crippen MR) is 74.0 cm³/mol. The van der Waals surface area contributed by atoms with Gasteiger partial charge in [-0.25, -0.2) is 4.98 Å². The monoisotopic (exact) mass is 258 g/mol. The van der Waals surface area contributed by atoms with Crippen molar-refractivity contribution in [2.75, 3.05) is 12.3 Å². The quantitative estimate of drug-likeness (QED) is 0.887. The minimum Gasteiger partial charge on any atom is -0.477 e.